The number of carbonyl (C=O) groups is 1. The molecule has 0 bridgehead atoms. The Hall–Kier alpha value is -2.29. The molecule has 0 radical (unpaired) electrons. The molecule has 1 aromatic carbocycles. The molecule has 1 heterocycles. The van der Waals surface area contributed by atoms with Crippen LogP contribution in [0.4, 0.5) is 0 Å². The quantitative estimate of drug-likeness (QED) is 0.846. The highest BCUT2D eigenvalue weighted by molar-refractivity contribution is 5.91. The minimum Gasteiger partial charge on any atom is -0.461 e. The number of benzene rings is 1. The zero-order valence-corrected chi connectivity index (χ0v) is 13.0. The van der Waals surface area contributed by atoms with Gasteiger partial charge in [-0.05, 0) is 43.0 Å². The van der Waals surface area contributed by atoms with Crippen LogP contribution in [-0.4, -0.2) is 5.91 Å². The zero-order valence-electron chi connectivity index (χ0n) is 13.0. The first-order valence-electron chi connectivity index (χ1n) is 7.73. The molecule has 1 saturated carbocycles. The van der Waals surface area contributed by atoms with Crippen LogP contribution in [0.2, 0.25) is 0 Å². The van der Waals surface area contributed by atoms with E-state index in [1.807, 2.05) is 43.3 Å². The van der Waals surface area contributed by atoms with Gasteiger partial charge in [0.25, 0.3) is 0 Å². The van der Waals surface area contributed by atoms with Crippen molar-refractivity contribution < 1.29 is 9.21 Å². The molecular formula is C19H21NO2. The molecule has 1 N–H and O–H groups in total. The third-order valence-electron chi connectivity index (χ3n) is 4.11. The van der Waals surface area contributed by atoms with Gasteiger partial charge in [-0.2, -0.15) is 0 Å². The maximum absolute atomic E-state index is 11.8. The van der Waals surface area contributed by atoms with E-state index in [0.29, 0.717) is 12.5 Å². The summed E-state index contributed by atoms with van der Waals surface area (Å²) in [5.41, 5.74) is 2.31. The highest BCUT2D eigenvalue weighted by atomic mass is 16.3. The van der Waals surface area contributed by atoms with Crippen LogP contribution in [0.3, 0.4) is 0 Å². The van der Waals surface area contributed by atoms with E-state index in [4.69, 9.17) is 4.42 Å². The van der Waals surface area contributed by atoms with Crippen LogP contribution in [0.25, 0.3) is 6.08 Å². The van der Waals surface area contributed by atoms with Crippen LogP contribution in [0, 0.1) is 12.8 Å². The van der Waals surface area contributed by atoms with E-state index in [9.17, 15) is 4.79 Å². The van der Waals surface area contributed by atoms with Gasteiger partial charge in [-0.1, -0.05) is 36.8 Å². The maximum atomic E-state index is 11.8. The molecule has 0 aliphatic heterocycles. The third-order valence-corrected chi connectivity index (χ3v) is 4.11. The minimum atomic E-state index is -0.113. The van der Waals surface area contributed by atoms with Crippen LogP contribution in [-0.2, 0) is 11.3 Å². The second-order valence-electron chi connectivity index (χ2n) is 6.10. The van der Waals surface area contributed by atoms with Crippen molar-refractivity contribution in [2.45, 2.75) is 32.7 Å². The second kappa shape index (κ2) is 6.22. The van der Waals surface area contributed by atoms with Crippen molar-refractivity contribution in [2.75, 3.05) is 0 Å². The number of hydrogen-bond acceptors (Lipinski definition) is 2. The standard InChI is InChI=1S/C19H21NO2/c1-13-3-5-15(6-4-13)12-20-19(21)10-8-16-7-9-18(22-16)17-11-14(17)2/h3-10,14,17H,11-12H2,1-2H3,(H,20,21)/b10-8+. The Kier molecular flexibility index (Phi) is 4.14. The number of hydrogen-bond donors (Lipinski definition) is 1. The average molecular weight is 295 g/mol. The van der Waals surface area contributed by atoms with Gasteiger partial charge in [0.05, 0.1) is 0 Å². The van der Waals surface area contributed by atoms with Crippen LogP contribution < -0.4 is 5.32 Å². The van der Waals surface area contributed by atoms with Gasteiger partial charge in [0.2, 0.25) is 5.91 Å². The molecule has 2 atom stereocenters. The first-order chi connectivity index (χ1) is 10.6. The molecule has 0 spiro atoms. The maximum Gasteiger partial charge on any atom is 0.244 e. The Morgan fingerprint density at radius 1 is 1.27 bits per heavy atom. The number of carbonyl (C=O) groups excluding carboxylic acids is 1. The fourth-order valence-electron chi connectivity index (χ4n) is 2.49. The molecule has 22 heavy (non-hydrogen) atoms. The molecule has 2 aromatic rings. The van der Waals surface area contributed by atoms with E-state index < -0.39 is 0 Å². The number of furan rings is 1. The molecule has 2 unspecified atom stereocenters. The summed E-state index contributed by atoms with van der Waals surface area (Å²) >= 11 is 0. The molecule has 1 aliphatic carbocycles. The Morgan fingerprint density at radius 3 is 2.68 bits per heavy atom. The smallest absolute Gasteiger partial charge is 0.244 e. The predicted octanol–water partition coefficient (Wildman–Crippen LogP) is 4.04. The summed E-state index contributed by atoms with van der Waals surface area (Å²) in [4.78, 5) is 11.8. The molecule has 1 amide bonds. The van der Waals surface area contributed by atoms with Crippen LogP contribution in [0.15, 0.2) is 46.9 Å². The Labute approximate surface area is 131 Å². The third kappa shape index (κ3) is 3.67. The van der Waals surface area contributed by atoms with Crippen molar-refractivity contribution in [2.24, 2.45) is 5.92 Å². The number of amides is 1. The molecule has 1 fully saturated rings. The fraction of sp³-hybridized carbons (Fsp3) is 0.316. The first-order valence-corrected chi connectivity index (χ1v) is 7.73. The molecule has 3 rings (SSSR count). The monoisotopic (exact) mass is 295 g/mol. The summed E-state index contributed by atoms with van der Waals surface area (Å²) in [6.07, 6.45) is 4.45. The topological polar surface area (TPSA) is 42.2 Å². The molecule has 3 heteroatoms. The Balaban J connectivity index is 1.50. The fourth-order valence-corrected chi connectivity index (χ4v) is 2.49. The van der Waals surface area contributed by atoms with Gasteiger partial charge < -0.3 is 9.73 Å². The van der Waals surface area contributed by atoms with Crippen molar-refractivity contribution in [3.8, 4) is 0 Å². The lowest BCUT2D eigenvalue weighted by atomic mass is 10.1. The molecule has 1 aromatic heterocycles. The van der Waals surface area contributed by atoms with E-state index in [2.05, 4.69) is 12.2 Å². The van der Waals surface area contributed by atoms with Gasteiger partial charge in [-0.25, -0.2) is 0 Å². The summed E-state index contributed by atoms with van der Waals surface area (Å²) in [6, 6.07) is 12.1. The SMILES string of the molecule is Cc1ccc(CNC(=O)/C=C/c2ccc(C3CC3C)o2)cc1. The Morgan fingerprint density at radius 2 is 2.00 bits per heavy atom. The molecular weight excluding hydrogens is 274 g/mol. The van der Waals surface area contributed by atoms with Crippen molar-refractivity contribution in [1.29, 1.82) is 0 Å². The second-order valence-corrected chi connectivity index (χ2v) is 6.10. The molecule has 0 saturated heterocycles. The van der Waals surface area contributed by atoms with E-state index in [0.717, 1.165) is 23.0 Å². The summed E-state index contributed by atoms with van der Waals surface area (Å²) in [5, 5.41) is 2.87. The number of nitrogens with one attached hydrogen (secondary N) is 1. The van der Waals surface area contributed by atoms with Gasteiger partial charge >= 0.3 is 0 Å². The first kappa shape index (κ1) is 14.6. The minimum absolute atomic E-state index is 0.113. The van der Waals surface area contributed by atoms with Crippen molar-refractivity contribution in [3.05, 3.63) is 65.1 Å². The summed E-state index contributed by atoms with van der Waals surface area (Å²) in [6.45, 7) is 4.80. The van der Waals surface area contributed by atoms with Crippen LogP contribution >= 0.6 is 0 Å². The van der Waals surface area contributed by atoms with Crippen LogP contribution in [0.1, 0.15) is 41.9 Å². The predicted molar refractivity (Wildman–Crippen MR) is 87.3 cm³/mol. The molecule has 114 valence electrons. The van der Waals surface area contributed by atoms with Crippen LogP contribution in [0.5, 0.6) is 0 Å². The lowest BCUT2D eigenvalue weighted by molar-refractivity contribution is -0.116. The average Bonchev–Trinajstić information content (AvgIpc) is 3.06. The highest BCUT2D eigenvalue weighted by Gasteiger charge is 2.36. The number of aryl methyl sites for hydroxylation is 1. The van der Waals surface area contributed by atoms with E-state index >= 15 is 0 Å². The van der Waals surface area contributed by atoms with Gasteiger partial charge in [-0.15, -0.1) is 0 Å². The highest BCUT2D eigenvalue weighted by Crippen LogP contribution is 2.47. The summed E-state index contributed by atoms with van der Waals surface area (Å²) < 4.78 is 5.74. The van der Waals surface area contributed by atoms with Crippen molar-refractivity contribution in [1.82, 2.24) is 5.32 Å². The van der Waals surface area contributed by atoms with Gasteiger partial charge in [0, 0.05) is 18.5 Å². The lowest BCUT2D eigenvalue weighted by Crippen LogP contribution is -2.20. The van der Waals surface area contributed by atoms with E-state index in [-0.39, 0.29) is 5.91 Å². The largest absolute Gasteiger partial charge is 0.461 e. The number of rotatable bonds is 5. The van der Waals surface area contributed by atoms with E-state index in [1.165, 1.54) is 18.1 Å². The summed E-state index contributed by atoms with van der Waals surface area (Å²) in [5.74, 6) is 2.95. The van der Waals surface area contributed by atoms with Crippen molar-refractivity contribution in [3.63, 3.8) is 0 Å². The van der Waals surface area contributed by atoms with Gasteiger partial charge in [0.15, 0.2) is 0 Å². The molecule has 3 nitrogen and oxygen atoms in total. The van der Waals surface area contributed by atoms with E-state index in [1.54, 1.807) is 6.08 Å². The molecule has 1 aliphatic rings. The van der Waals surface area contributed by atoms with Crippen molar-refractivity contribution >= 4 is 12.0 Å². The lowest BCUT2D eigenvalue weighted by Gasteiger charge is -2.02. The zero-order chi connectivity index (χ0) is 15.5. The van der Waals surface area contributed by atoms with Gasteiger partial charge in [-0.3, -0.25) is 4.79 Å². The normalized spacial score (nSPS) is 20.3. The summed E-state index contributed by atoms with van der Waals surface area (Å²) in [7, 11) is 0. The van der Waals surface area contributed by atoms with Gasteiger partial charge in [0.1, 0.15) is 11.5 Å². The Bertz CT molecular complexity index is 682.